The van der Waals surface area contributed by atoms with E-state index in [9.17, 15) is 18.4 Å². The highest BCUT2D eigenvalue weighted by molar-refractivity contribution is 6.03. The molecule has 4 aromatic rings. The minimum atomic E-state index is -1.47. The summed E-state index contributed by atoms with van der Waals surface area (Å²) in [4.78, 5) is 29.7. The molecule has 2 heterocycles. The van der Waals surface area contributed by atoms with Crippen molar-refractivity contribution >= 4 is 11.8 Å². The first-order valence-corrected chi connectivity index (χ1v) is 10.4. The van der Waals surface area contributed by atoms with Gasteiger partial charge >= 0.3 is 0 Å². The van der Waals surface area contributed by atoms with E-state index in [1.54, 1.807) is 42.6 Å². The number of carbonyl (C=O) groups is 2. The summed E-state index contributed by atoms with van der Waals surface area (Å²) in [5.41, 5.74) is 5.96. The molecular weight excluding hydrogens is 440 g/mol. The third-order valence-corrected chi connectivity index (χ3v) is 5.44. The van der Waals surface area contributed by atoms with Crippen LogP contribution >= 0.6 is 0 Å². The minimum Gasteiger partial charge on any atom is -0.368 e. The Kier molecular flexibility index (Phi) is 6.18. The molecule has 0 unspecified atom stereocenters. The van der Waals surface area contributed by atoms with Gasteiger partial charge in [0.05, 0.1) is 17.0 Å². The second-order valence-electron chi connectivity index (χ2n) is 7.98. The fourth-order valence-electron chi connectivity index (χ4n) is 3.58. The summed E-state index contributed by atoms with van der Waals surface area (Å²) in [6, 6.07) is 16.5. The first-order valence-electron chi connectivity index (χ1n) is 10.4. The maximum absolute atomic E-state index is 14.9. The van der Waals surface area contributed by atoms with Crippen molar-refractivity contribution in [2.24, 2.45) is 5.73 Å². The topological polar surface area (TPSA) is 114 Å². The molecule has 0 saturated carbocycles. The van der Waals surface area contributed by atoms with Crippen LogP contribution in [0.4, 0.5) is 8.78 Å². The summed E-state index contributed by atoms with van der Waals surface area (Å²) in [5.74, 6) is -2.50. The van der Waals surface area contributed by atoms with Gasteiger partial charge in [0.25, 0.3) is 5.91 Å². The molecule has 0 aliphatic heterocycles. The third-order valence-electron chi connectivity index (χ3n) is 5.44. The lowest BCUT2D eigenvalue weighted by Gasteiger charge is -2.27. The maximum atomic E-state index is 14.9. The van der Waals surface area contributed by atoms with Crippen LogP contribution in [0.1, 0.15) is 23.0 Å². The maximum Gasteiger partial charge on any atom is 0.252 e. The van der Waals surface area contributed by atoms with Gasteiger partial charge in [-0.05, 0) is 61.5 Å². The summed E-state index contributed by atoms with van der Waals surface area (Å²) < 4.78 is 28.2. The number of nitrogens with zero attached hydrogens (tertiary/aromatic N) is 2. The molecule has 0 bridgehead atoms. The molecule has 1 atom stereocenters. The number of hydrogen-bond donors (Lipinski definition) is 3. The number of aromatic nitrogens is 3. The molecule has 0 fully saturated rings. The Morgan fingerprint density at radius 3 is 2.50 bits per heavy atom. The van der Waals surface area contributed by atoms with E-state index in [0.717, 1.165) is 0 Å². The Morgan fingerprint density at radius 2 is 1.82 bits per heavy atom. The number of benzene rings is 2. The Labute approximate surface area is 194 Å². The van der Waals surface area contributed by atoms with Crippen LogP contribution in [0.2, 0.25) is 0 Å². The van der Waals surface area contributed by atoms with Crippen molar-refractivity contribution in [2.75, 3.05) is 0 Å². The van der Waals surface area contributed by atoms with Crippen molar-refractivity contribution in [3.8, 4) is 22.5 Å². The summed E-state index contributed by atoms with van der Waals surface area (Å²) >= 11 is 0. The van der Waals surface area contributed by atoms with Crippen LogP contribution in [-0.4, -0.2) is 32.5 Å². The highest BCUT2D eigenvalue weighted by Crippen LogP contribution is 2.29. The predicted octanol–water partition coefficient (Wildman–Crippen LogP) is 3.63. The number of aromatic amines is 1. The van der Waals surface area contributed by atoms with Crippen molar-refractivity contribution in [2.45, 2.75) is 18.9 Å². The lowest BCUT2D eigenvalue weighted by atomic mass is 9.93. The van der Waals surface area contributed by atoms with Gasteiger partial charge in [0.15, 0.2) is 0 Å². The lowest BCUT2D eigenvalue weighted by Crippen LogP contribution is -2.57. The van der Waals surface area contributed by atoms with Crippen LogP contribution in [-0.2, 0) is 11.2 Å². The van der Waals surface area contributed by atoms with Crippen LogP contribution in [0.3, 0.4) is 0 Å². The number of nitrogens with two attached hydrogens (primary N) is 1. The summed E-state index contributed by atoms with van der Waals surface area (Å²) in [5, 5.41) is 9.54. The van der Waals surface area contributed by atoms with Gasteiger partial charge < -0.3 is 11.1 Å². The summed E-state index contributed by atoms with van der Waals surface area (Å²) in [7, 11) is 0. The molecule has 7 nitrogen and oxygen atoms in total. The number of halogens is 2. The Balaban J connectivity index is 1.67. The van der Waals surface area contributed by atoms with E-state index in [0.29, 0.717) is 17.0 Å². The fourth-order valence-corrected chi connectivity index (χ4v) is 3.58. The minimum absolute atomic E-state index is 0.0113. The van der Waals surface area contributed by atoms with Gasteiger partial charge in [-0.25, -0.2) is 8.78 Å². The van der Waals surface area contributed by atoms with Gasteiger partial charge in [-0.1, -0.05) is 12.1 Å². The second-order valence-corrected chi connectivity index (χ2v) is 7.98. The van der Waals surface area contributed by atoms with Gasteiger partial charge in [-0.15, -0.1) is 0 Å². The molecule has 34 heavy (non-hydrogen) atoms. The Bertz CT molecular complexity index is 1340. The number of rotatable bonds is 7. The van der Waals surface area contributed by atoms with Gasteiger partial charge in [-0.3, -0.25) is 19.7 Å². The molecule has 2 aromatic heterocycles. The first kappa shape index (κ1) is 22.8. The number of pyridine rings is 1. The van der Waals surface area contributed by atoms with Crippen molar-refractivity contribution < 1.29 is 18.4 Å². The highest BCUT2D eigenvalue weighted by Gasteiger charge is 2.35. The van der Waals surface area contributed by atoms with E-state index in [2.05, 4.69) is 20.5 Å². The third kappa shape index (κ3) is 4.68. The van der Waals surface area contributed by atoms with Gasteiger partial charge in [-0.2, -0.15) is 5.10 Å². The molecular formula is C25H21F2N5O2. The number of primary amides is 1. The number of H-pyrrole nitrogens is 1. The predicted molar refractivity (Wildman–Crippen MR) is 122 cm³/mol. The van der Waals surface area contributed by atoms with Crippen LogP contribution in [0.15, 0.2) is 72.9 Å². The quantitative estimate of drug-likeness (QED) is 0.390. The summed E-state index contributed by atoms with van der Waals surface area (Å²) in [6.07, 6.45) is 1.62. The van der Waals surface area contributed by atoms with Gasteiger partial charge in [0.1, 0.15) is 17.2 Å². The van der Waals surface area contributed by atoms with E-state index >= 15 is 0 Å². The smallest absolute Gasteiger partial charge is 0.252 e. The standard InChI is InChI=1S/C25H21F2N5O2/c1-25(24(28)34,14-17-5-2-3-12-29-17)30-23(33)18-6-4-7-19(27)22(18)21-13-20(31-32-21)15-8-10-16(26)11-9-15/h2-13H,14H2,1H3,(H2,28,34)(H,30,33)(H,31,32)/t25-/m0/s1. The second kappa shape index (κ2) is 9.22. The average Bonchev–Trinajstić information content (AvgIpc) is 3.29. The molecule has 4 N–H and O–H groups in total. The van der Waals surface area contributed by atoms with Crippen molar-refractivity contribution in [1.82, 2.24) is 20.5 Å². The van der Waals surface area contributed by atoms with Gasteiger partial charge in [0.2, 0.25) is 5.91 Å². The molecule has 2 amide bonds. The molecule has 0 saturated heterocycles. The van der Waals surface area contributed by atoms with Gasteiger partial charge in [0, 0.05) is 29.4 Å². The molecule has 0 radical (unpaired) electrons. The van der Waals surface area contributed by atoms with Crippen LogP contribution in [0, 0.1) is 11.6 Å². The Hall–Kier alpha value is -4.40. The molecule has 0 aliphatic carbocycles. The number of hydrogen-bond acceptors (Lipinski definition) is 4. The number of carbonyl (C=O) groups excluding carboxylic acids is 2. The van der Waals surface area contributed by atoms with Crippen LogP contribution < -0.4 is 11.1 Å². The van der Waals surface area contributed by atoms with E-state index in [-0.39, 0.29) is 23.2 Å². The van der Waals surface area contributed by atoms with E-state index < -0.39 is 29.0 Å². The van der Waals surface area contributed by atoms with E-state index in [1.807, 2.05) is 0 Å². The normalized spacial score (nSPS) is 12.7. The zero-order chi connectivity index (χ0) is 24.3. The van der Waals surface area contributed by atoms with Crippen molar-refractivity contribution in [1.29, 1.82) is 0 Å². The lowest BCUT2D eigenvalue weighted by molar-refractivity contribution is -0.123. The van der Waals surface area contributed by atoms with Crippen LogP contribution in [0.5, 0.6) is 0 Å². The average molecular weight is 461 g/mol. The summed E-state index contributed by atoms with van der Waals surface area (Å²) in [6.45, 7) is 1.49. The van der Waals surface area contributed by atoms with E-state index in [1.165, 1.54) is 37.3 Å². The molecule has 172 valence electrons. The number of amides is 2. The SMILES string of the molecule is C[C@@](Cc1ccccn1)(NC(=O)c1cccc(F)c1-c1cc(-c2ccc(F)cc2)n[nH]1)C(N)=O. The van der Waals surface area contributed by atoms with Crippen molar-refractivity contribution in [3.63, 3.8) is 0 Å². The Morgan fingerprint density at radius 1 is 1.06 bits per heavy atom. The zero-order valence-electron chi connectivity index (χ0n) is 18.2. The monoisotopic (exact) mass is 461 g/mol. The molecule has 2 aromatic carbocycles. The first-order chi connectivity index (χ1) is 16.3. The highest BCUT2D eigenvalue weighted by atomic mass is 19.1. The fraction of sp³-hybridized carbons (Fsp3) is 0.120. The van der Waals surface area contributed by atoms with E-state index in [4.69, 9.17) is 5.73 Å². The van der Waals surface area contributed by atoms with Crippen molar-refractivity contribution in [3.05, 3.63) is 95.8 Å². The molecule has 0 spiro atoms. The van der Waals surface area contributed by atoms with Crippen LogP contribution in [0.25, 0.3) is 22.5 Å². The molecule has 4 rings (SSSR count). The molecule has 0 aliphatic rings. The number of nitrogens with one attached hydrogen (secondary N) is 2. The largest absolute Gasteiger partial charge is 0.368 e. The zero-order valence-corrected chi connectivity index (χ0v) is 18.2. The molecule has 9 heteroatoms.